The number of hydrogen-bond donors (Lipinski definition) is 2. The van der Waals surface area contributed by atoms with Gasteiger partial charge in [0.1, 0.15) is 5.52 Å². The van der Waals surface area contributed by atoms with Gasteiger partial charge in [-0.05, 0) is 55.5 Å². The third-order valence-corrected chi connectivity index (χ3v) is 4.54. The first kappa shape index (κ1) is 13.5. The molecule has 0 bridgehead atoms. The number of nitrogens with one attached hydrogen (secondary N) is 2. The molecule has 1 saturated carbocycles. The van der Waals surface area contributed by atoms with Crippen LogP contribution in [-0.2, 0) is 0 Å². The second-order valence-corrected chi connectivity index (χ2v) is 6.46. The van der Waals surface area contributed by atoms with Gasteiger partial charge in [-0.25, -0.2) is 0 Å². The molecule has 24 heavy (non-hydrogen) atoms. The van der Waals surface area contributed by atoms with Gasteiger partial charge in [0.05, 0.1) is 11.2 Å². The minimum atomic E-state index is 0.644. The quantitative estimate of drug-likeness (QED) is 0.586. The molecule has 0 unspecified atom stereocenters. The van der Waals surface area contributed by atoms with Crippen molar-refractivity contribution in [2.24, 2.45) is 0 Å². The molecule has 1 aliphatic rings. The second-order valence-electron chi connectivity index (χ2n) is 6.46. The third-order valence-electron chi connectivity index (χ3n) is 4.54. The Labute approximate surface area is 139 Å². The Morgan fingerprint density at radius 1 is 1.17 bits per heavy atom. The van der Waals surface area contributed by atoms with Crippen LogP contribution in [0.15, 0.2) is 42.6 Å². The first-order valence-corrected chi connectivity index (χ1v) is 8.25. The lowest BCUT2D eigenvalue weighted by Crippen LogP contribution is -1.95. The van der Waals surface area contributed by atoms with E-state index < -0.39 is 0 Å². The third kappa shape index (κ3) is 2.21. The summed E-state index contributed by atoms with van der Waals surface area (Å²) in [4.78, 5) is 9.15. The second kappa shape index (κ2) is 5.03. The Balaban J connectivity index is 1.58. The fourth-order valence-corrected chi connectivity index (χ4v) is 3.25. The van der Waals surface area contributed by atoms with E-state index in [0.29, 0.717) is 5.92 Å². The average molecular weight is 315 g/mol. The van der Waals surface area contributed by atoms with Gasteiger partial charge >= 0.3 is 0 Å². The summed E-state index contributed by atoms with van der Waals surface area (Å²) in [5.41, 5.74) is 5.12. The van der Waals surface area contributed by atoms with Crippen LogP contribution in [0.3, 0.4) is 0 Å². The summed E-state index contributed by atoms with van der Waals surface area (Å²) in [6, 6.07) is 12.4. The molecule has 0 amide bonds. The van der Waals surface area contributed by atoms with Gasteiger partial charge in [-0.2, -0.15) is 5.10 Å². The van der Waals surface area contributed by atoms with E-state index in [4.69, 9.17) is 4.98 Å². The summed E-state index contributed by atoms with van der Waals surface area (Å²) in [5.74, 6) is 1.39. The zero-order chi connectivity index (χ0) is 16.1. The number of anilines is 2. The van der Waals surface area contributed by atoms with Crippen molar-refractivity contribution in [3.05, 3.63) is 54.0 Å². The van der Waals surface area contributed by atoms with Crippen molar-refractivity contribution in [1.29, 1.82) is 0 Å². The number of aromatic amines is 1. The summed E-state index contributed by atoms with van der Waals surface area (Å²) in [7, 11) is 0. The van der Waals surface area contributed by atoms with Gasteiger partial charge in [0.25, 0.3) is 0 Å². The minimum Gasteiger partial charge on any atom is -0.337 e. The topological polar surface area (TPSA) is 66.5 Å². The lowest BCUT2D eigenvalue weighted by Gasteiger charge is -2.09. The van der Waals surface area contributed by atoms with Crippen LogP contribution >= 0.6 is 0 Å². The molecule has 118 valence electrons. The van der Waals surface area contributed by atoms with E-state index in [1.165, 1.54) is 29.3 Å². The number of hydrogen-bond acceptors (Lipinski definition) is 4. The van der Waals surface area contributed by atoms with E-state index in [-0.39, 0.29) is 0 Å². The van der Waals surface area contributed by atoms with E-state index in [1.54, 1.807) is 6.20 Å². The molecule has 2 N–H and O–H groups in total. The first-order chi connectivity index (χ1) is 11.8. The molecule has 5 heteroatoms. The SMILES string of the molecule is Cc1cc2cc(Nc3n[nH]c4cccnc34)ccc2c(C2CC2)n1. The van der Waals surface area contributed by atoms with E-state index >= 15 is 0 Å². The lowest BCUT2D eigenvalue weighted by molar-refractivity contribution is 1.02. The van der Waals surface area contributed by atoms with Crippen LogP contribution in [0.4, 0.5) is 11.5 Å². The van der Waals surface area contributed by atoms with Gasteiger partial charge in [0.2, 0.25) is 0 Å². The normalized spacial score (nSPS) is 14.4. The summed E-state index contributed by atoms with van der Waals surface area (Å²) in [5, 5.41) is 13.2. The van der Waals surface area contributed by atoms with Crippen LogP contribution in [0.2, 0.25) is 0 Å². The maximum absolute atomic E-state index is 4.76. The van der Waals surface area contributed by atoms with Crippen LogP contribution in [0.1, 0.15) is 30.1 Å². The van der Waals surface area contributed by atoms with Crippen molar-refractivity contribution in [2.75, 3.05) is 5.32 Å². The van der Waals surface area contributed by atoms with Crippen LogP contribution in [0.25, 0.3) is 21.8 Å². The van der Waals surface area contributed by atoms with Gasteiger partial charge < -0.3 is 5.32 Å². The Morgan fingerprint density at radius 2 is 2.08 bits per heavy atom. The maximum Gasteiger partial charge on any atom is 0.178 e. The van der Waals surface area contributed by atoms with Crippen molar-refractivity contribution in [3.63, 3.8) is 0 Å². The standard InChI is InChI=1S/C19H17N5/c1-11-9-13-10-14(6-7-15(13)17(21-11)12-4-5-12)22-19-18-16(23-24-19)3-2-8-20-18/h2-3,6-10,12H,4-5H2,1H3,(H2,22,23,24). The maximum atomic E-state index is 4.76. The molecular weight excluding hydrogens is 298 g/mol. The highest BCUT2D eigenvalue weighted by Gasteiger charge is 2.27. The summed E-state index contributed by atoms with van der Waals surface area (Å²) in [6.07, 6.45) is 4.30. The largest absolute Gasteiger partial charge is 0.337 e. The Kier molecular flexibility index (Phi) is 2.82. The van der Waals surface area contributed by atoms with Gasteiger partial charge in [-0.15, -0.1) is 0 Å². The highest BCUT2D eigenvalue weighted by molar-refractivity contribution is 5.91. The number of aryl methyl sites for hydroxylation is 1. The highest BCUT2D eigenvalue weighted by Crippen LogP contribution is 2.42. The van der Waals surface area contributed by atoms with Crippen LogP contribution < -0.4 is 5.32 Å². The van der Waals surface area contributed by atoms with Crippen LogP contribution in [-0.4, -0.2) is 20.2 Å². The number of rotatable bonds is 3. The summed E-state index contributed by atoms with van der Waals surface area (Å²) >= 11 is 0. The molecule has 0 radical (unpaired) electrons. The van der Waals surface area contributed by atoms with Crippen molar-refractivity contribution in [2.45, 2.75) is 25.7 Å². The fourth-order valence-electron chi connectivity index (χ4n) is 3.25. The molecule has 1 fully saturated rings. The molecule has 4 aromatic rings. The van der Waals surface area contributed by atoms with Crippen molar-refractivity contribution in [1.82, 2.24) is 20.2 Å². The summed E-state index contributed by atoms with van der Waals surface area (Å²) < 4.78 is 0. The van der Waals surface area contributed by atoms with E-state index in [2.05, 4.69) is 51.7 Å². The zero-order valence-electron chi connectivity index (χ0n) is 13.4. The molecule has 0 aliphatic heterocycles. The van der Waals surface area contributed by atoms with Gasteiger partial charge in [0.15, 0.2) is 5.82 Å². The first-order valence-electron chi connectivity index (χ1n) is 8.25. The predicted octanol–water partition coefficient (Wildman–Crippen LogP) is 4.44. The van der Waals surface area contributed by atoms with Crippen molar-refractivity contribution in [3.8, 4) is 0 Å². The lowest BCUT2D eigenvalue weighted by atomic mass is 10.1. The monoisotopic (exact) mass is 315 g/mol. The number of H-pyrrole nitrogens is 1. The Hall–Kier alpha value is -2.95. The number of benzene rings is 1. The Bertz CT molecular complexity index is 1060. The predicted molar refractivity (Wildman–Crippen MR) is 95.6 cm³/mol. The molecule has 5 nitrogen and oxygen atoms in total. The van der Waals surface area contributed by atoms with E-state index in [1.807, 2.05) is 12.1 Å². The van der Waals surface area contributed by atoms with Crippen molar-refractivity contribution >= 4 is 33.3 Å². The molecule has 0 spiro atoms. The molecule has 0 atom stereocenters. The smallest absolute Gasteiger partial charge is 0.178 e. The van der Waals surface area contributed by atoms with Gasteiger partial charge in [-0.1, -0.05) is 6.07 Å². The molecule has 3 aromatic heterocycles. The Morgan fingerprint density at radius 3 is 2.96 bits per heavy atom. The average Bonchev–Trinajstić information content (AvgIpc) is 3.36. The molecule has 5 rings (SSSR count). The van der Waals surface area contributed by atoms with Crippen LogP contribution in [0, 0.1) is 6.92 Å². The van der Waals surface area contributed by atoms with Gasteiger partial charge in [0, 0.05) is 28.9 Å². The molecular formula is C19H17N5. The molecule has 0 saturated heterocycles. The fraction of sp³-hybridized carbons (Fsp3) is 0.211. The zero-order valence-corrected chi connectivity index (χ0v) is 13.4. The van der Waals surface area contributed by atoms with Gasteiger partial charge in [-0.3, -0.25) is 15.1 Å². The molecule has 1 aromatic carbocycles. The van der Waals surface area contributed by atoms with E-state index in [9.17, 15) is 0 Å². The van der Waals surface area contributed by atoms with Crippen molar-refractivity contribution < 1.29 is 0 Å². The number of aromatic nitrogens is 4. The minimum absolute atomic E-state index is 0.644. The number of fused-ring (bicyclic) bond motifs is 2. The number of nitrogens with zero attached hydrogens (tertiary/aromatic N) is 3. The molecule has 3 heterocycles. The highest BCUT2D eigenvalue weighted by atomic mass is 15.2. The molecule has 1 aliphatic carbocycles. The van der Waals surface area contributed by atoms with Crippen LogP contribution in [0.5, 0.6) is 0 Å². The number of pyridine rings is 2. The summed E-state index contributed by atoms with van der Waals surface area (Å²) in [6.45, 7) is 2.07. The van der Waals surface area contributed by atoms with E-state index in [0.717, 1.165) is 28.2 Å².